The summed E-state index contributed by atoms with van der Waals surface area (Å²) in [6, 6.07) is 0. The van der Waals surface area contributed by atoms with E-state index in [1.807, 2.05) is 0 Å². The van der Waals surface area contributed by atoms with Crippen LogP contribution in [-0.2, 0) is 14.3 Å². The zero-order valence-electron chi connectivity index (χ0n) is 11.1. The smallest absolute Gasteiger partial charge is 0.217 e. The number of carbonyl (C=O) groups excluding carboxylic acids is 1. The third-order valence-corrected chi connectivity index (χ3v) is 2.47. The minimum absolute atomic E-state index is 0.0141. The Hall–Kier alpha value is -0.650. The van der Waals surface area contributed by atoms with E-state index < -0.39 is 0 Å². The van der Waals surface area contributed by atoms with E-state index in [1.54, 1.807) is 14.2 Å². The van der Waals surface area contributed by atoms with Gasteiger partial charge in [0.1, 0.15) is 12.6 Å². The van der Waals surface area contributed by atoms with Crippen LogP contribution in [0.3, 0.4) is 0 Å². The maximum absolute atomic E-state index is 10.7. The molecule has 1 amide bonds. The second-order valence-electron chi connectivity index (χ2n) is 4.64. The van der Waals surface area contributed by atoms with Gasteiger partial charge in [0, 0.05) is 21.1 Å². The molecular formula is C11H25N2O3+. The van der Waals surface area contributed by atoms with Crippen LogP contribution < -0.4 is 5.32 Å². The number of hydrogen-bond donors (Lipinski definition) is 1. The van der Waals surface area contributed by atoms with Gasteiger partial charge in [-0.05, 0) is 0 Å². The second kappa shape index (κ2) is 7.60. The number of ether oxygens (including phenoxy) is 2. The molecule has 0 aliphatic heterocycles. The second-order valence-corrected chi connectivity index (χ2v) is 4.64. The highest BCUT2D eigenvalue weighted by Gasteiger charge is 2.21. The van der Waals surface area contributed by atoms with Gasteiger partial charge in [0.2, 0.25) is 5.91 Å². The summed E-state index contributed by atoms with van der Waals surface area (Å²) in [5.41, 5.74) is 0. The van der Waals surface area contributed by atoms with Crippen LogP contribution in [0.2, 0.25) is 0 Å². The number of amides is 1. The number of likely N-dealkylation sites (N-methyl/N-ethyl adjacent to an activating group) is 1. The van der Waals surface area contributed by atoms with E-state index >= 15 is 0 Å². The molecule has 0 bridgehead atoms. The van der Waals surface area contributed by atoms with E-state index in [0.29, 0.717) is 13.2 Å². The fourth-order valence-corrected chi connectivity index (χ4v) is 1.56. The molecule has 0 saturated carbocycles. The Morgan fingerprint density at radius 3 is 2.44 bits per heavy atom. The molecule has 1 unspecified atom stereocenters. The first-order valence-electron chi connectivity index (χ1n) is 5.49. The summed E-state index contributed by atoms with van der Waals surface area (Å²) in [7, 11) is 7.59. The van der Waals surface area contributed by atoms with E-state index in [9.17, 15) is 4.79 Å². The Morgan fingerprint density at radius 1 is 1.38 bits per heavy atom. The summed E-state index contributed by atoms with van der Waals surface area (Å²) >= 11 is 0. The average Bonchev–Trinajstić information content (AvgIpc) is 2.15. The van der Waals surface area contributed by atoms with Gasteiger partial charge in [0.25, 0.3) is 0 Å². The summed E-state index contributed by atoms with van der Waals surface area (Å²) in [6.45, 7) is 4.56. The predicted molar refractivity (Wildman–Crippen MR) is 63.2 cm³/mol. The van der Waals surface area contributed by atoms with Gasteiger partial charge in [0.15, 0.2) is 0 Å². The van der Waals surface area contributed by atoms with Crippen LogP contribution in [0.5, 0.6) is 0 Å². The molecule has 1 N–H and O–H groups in total. The van der Waals surface area contributed by atoms with Gasteiger partial charge in [-0.25, -0.2) is 0 Å². The number of nitrogens with one attached hydrogen (secondary N) is 1. The van der Waals surface area contributed by atoms with E-state index in [2.05, 4.69) is 19.4 Å². The molecule has 0 aliphatic carbocycles. The molecule has 0 spiro atoms. The zero-order chi connectivity index (χ0) is 12.6. The molecule has 96 valence electrons. The molecule has 0 fully saturated rings. The van der Waals surface area contributed by atoms with Crippen molar-refractivity contribution in [2.24, 2.45) is 0 Å². The van der Waals surface area contributed by atoms with Gasteiger partial charge in [-0.15, -0.1) is 0 Å². The van der Waals surface area contributed by atoms with Crippen molar-refractivity contribution in [2.45, 2.75) is 13.0 Å². The van der Waals surface area contributed by atoms with Crippen molar-refractivity contribution in [2.75, 3.05) is 54.6 Å². The lowest BCUT2D eigenvalue weighted by Gasteiger charge is -2.32. The molecule has 1 atom stereocenters. The number of hydrogen-bond acceptors (Lipinski definition) is 3. The van der Waals surface area contributed by atoms with Gasteiger partial charge in [-0.2, -0.15) is 0 Å². The Balaban J connectivity index is 3.95. The molecule has 5 nitrogen and oxygen atoms in total. The number of methoxy groups -OCH3 is 2. The largest absolute Gasteiger partial charge is 0.382 e. The summed E-state index contributed by atoms with van der Waals surface area (Å²) < 4.78 is 11.2. The van der Waals surface area contributed by atoms with Crippen LogP contribution >= 0.6 is 0 Å². The third kappa shape index (κ3) is 7.62. The Morgan fingerprint density at radius 2 is 2.00 bits per heavy atom. The number of rotatable bonds is 8. The molecule has 0 aromatic carbocycles. The molecule has 0 saturated heterocycles. The molecule has 0 aliphatic rings. The van der Waals surface area contributed by atoms with Gasteiger partial charge < -0.3 is 19.3 Å². The molecular weight excluding hydrogens is 208 g/mol. The van der Waals surface area contributed by atoms with Gasteiger partial charge in [-0.3, -0.25) is 4.79 Å². The minimum Gasteiger partial charge on any atom is -0.382 e. The summed E-state index contributed by atoms with van der Waals surface area (Å²) in [5, 5.41) is 2.80. The third-order valence-electron chi connectivity index (χ3n) is 2.47. The quantitative estimate of drug-likeness (QED) is 0.594. The molecule has 0 heterocycles. The summed E-state index contributed by atoms with van der Waals surface area (Å²) in [5.74, 6) is 0.0141. The highest BCUT2D eigenvalue weighted by atomic mass is 16.5. The Kier molecular flexibility index (Phi) is 7.29. The van der Waals surface area contributed by atoms with Crippen LogP contribution in [-0.4, -0.2) is 71.1 Å². The van der Waals surface area contributed by atoms with E-state index in [-0.39, 0.29) is 12.0 Å². The lowest BCUT2D eigenvalue weighted by atomic mass is 10.3. The first kappa shape index (κ1) is 15.3. The highest BCUT2D eigenvalue weighted by Crippen LogP contribution is 2.02. The Labute approximate surface area is 98.3 Å². The first-order valence-corrected chi connectivity index (χ1v) is 5.49. The Bertz CT molecular complexity index is 207. The van der Waals surface area contributed by atoms with Crippen molar-refractivity contribution >= 4 is 5.91 Å². The van der Waals surface area contributed by atoms with E-state index in [4.69, 9.17) is 9.47 Å². The average molecular weight is 233 g/mol. The van der Waals surface area contributed by atoms with Crippen molar-refractivity contribution in [3.8, 4) is 0 Å². The van der Waals surface area contributed by atoms with Crippen LogP contribution in [0.15, 0.2) is 0 Å². The number of nitrogens with zero attached hydrogens (tertiary/aromatic N) is 1. The van der Waals surface area contributed by atoms with Gasteiger partial charge in [0.05, 0.1) is 33.8 Å². The van der Waals surface area contributed by atoms with Gasteiger partial charge in [-0.1, -0.05) is 0 Å². The number of quaternary nitrogens is 1. The topological polar surface area (TPSA) is 47.6 Å². The molecule has 0 rings (SSSR count). The zero-order valence-corrected chi connectivity index (χ0v) is 11.1. The van der Waals surface area contributed by atoms with Crippen LogP contribution in [0.25, 0.3) is 0 Å². The first-order chi connectivity index (χ1) is 7.41. The normalized spacial score (nSPS) is 13.6. The van der Waals surface area contributed by atoms with Crippen LogP contribution in [0.1, 0.15) is 6.92 Å². The van der Waals surface area contributed by atoms with Crippen molar-refractivity contribution in [1.29, 1.82) is 0 Å². The predicted octanol–water partition coefficient (Wildman–Crippen LogP) is -0.140. The van der Waals surface area contributed by atoms with E-state index in [1.165, 1.54) is 6.92 Å². The number of carbonyl (C=O) groups is 1. The van der Waals surface area contributed by atoms with Crippen molar-refractivity contribution in [3.63, 3.8) is 0 Å². The molecule has 5 heteroatoms. The SMILES string of the molecule is COCC(C[N+](C)(C)CCNC(C)=O)OC. The maximum Gasteiger partial charge on any atom is 0.217 e. The fourth-order valence-electron chi connectivity index (χ4n) is 1.56. The lowest BCUT2D eigenvalue weighted by Crippen LogP contribution is -2.50. The lowest BCUT2D eigenvalue weighted by molar-refractivity contribution is -0.892. The van der Waals surface area contributed by atoms with Crippen molar-refractivity contribution < 1.29 is 18.8 Å². The summed E-state index contributed by atoms with van der Waals surface area (Å²) in [6.07, 6.45) is 0.0947. The summed E-state index contributed by atoms with van der Waals surface area (Å²) in [4.78, 5) is 10.7. The highest BCUT2D eigenvalue weighted by molar-refractivity contribution is 5.72. The van der Waals surface area contributed by atoms with Crippen molar-refractivity contribution in [1.82, 2.24) is 5.32 Å². The minimum atomic E-state index is 0.0141. The van der Waals surface area contributed by atoms with Gasteiger partial charge >= 0.3 is 0 Å². The van der Waals surface area contributed by atoms with E-state index in [0.717, 1.165) is 17.6 Å². The van der Waals surface area contributed by atoms with Crippen LogP contribution in [0.4, 0.5) is 0 Å². The monoisotopic (exact) mass is 233 g/mol. The standard InChI is InChI=1S/C11H24N2O3/c1-10(14)12-6-7-13(2,3)8-11(16-5)9-15-4/h11H,6-9H2,1-5H3/p+1. The molecule has 0 radical (unpaired) electrons. The fraction of sp³-hybridized carbons (Fsp3) is 0.909. The molecule has 0 aromatic heterocycles. The maximum atomic E-state index is 10.7. The van der Waals surface area contributed by atoms with Crippen molar-refractivity contribution in [3.05, 3.63) is 0 Å². The van der Waals surface area contributed by atoms with Crippen LogP contribution in [0, 0.1) is 0 Å². The molecule has 0 aromatic rings. The molecule has 16 heavy (non-hydrogen) atoms.